The molecule has 2 aliphatic heterocycles. The molecule has 0 aromatic heterocycles. The van der Waals surface area contributed by atoms with Gasteiger partial charge in [0.2, 0.25) is 0 Å². The predicted octanol–water partition coefficient (Wildman–Crippen LogP) is 2.37. The Bertz CT molecular complexity index is 431. The molecule has 5 heteroatoms. The molecular weight excluding hydrogens is 228 g/mol. The molecule has 0 aliphatic carbocycles. The number of nitrogens with one attached hydrogen (secondary N) is 1. The van der Waals surface area contributed by atoms with Crippen molar-refractivity contribution in [2.24, 2.45) is 0 Å². The van der Waals surface area contributed by atoms with E-state index >= 15 is 0 Å². The van der Waals surface area contributed by atoms with Crippen LogP contribution in [0.3, 0.4) is 0 Å². The van der Waals surface area contributed by atoms with Crippen molar-refractivity contribution in [3.8, 4) is 5.75 Å². The largest absolute Gasteiger partial charge is 0.435 e. The van der Waals surface area contributed by atoms with Crippen LogP contribution < -0.4 is 10.1 Å². The fraction of sp³-hybridized carbons (Fsp3) is 0.500. The topological polar surface area (TPSA) is 30.5 Å². The fourth-order valence-corrected chi connectivity index (χ4v) is 2.61. The third kappa shape index (κ3) is 1.74. The minimum atomic E-state index is -2.78. The quantitative estimate of drug-likeness (QED) is 0.862. The summed E-state index contributed by atoms with van der Waals surface area (Å²) in [6, 6.07) is 5.06. The van der Waals surface area contributed by atoms with Crippen molar-refractivity contribution in [1.29, 1.82) is 0 Å². The van der Waals surface area contributed by atoms with E-state index in [1.165, 1.54) is 0 Å². The number of halogens is 2. The van der Waals surface area contributed by atoms with Gasteiger partial charge in [-0.25, -0.2) is 0 Å². The average molecular weight is 241 g/mol. The van der Waals surface area contributed by atoms with Crippen LogP contribution in [0, 0.1) is 0 Å². The van der Waals surface area contributed by atoms with Crippen LogP contribution in [0.15, 0.2) is 18.2 Å². The summed E-state index contributed by atoms with van der Waals surface area (Å²) in [5.41, 5.74) is 1.97. The second-order valence-electron chi connectivity index (χ2n) is 4.52. The van der Waals surface area contributed by atoms with Crippen LogP contribution in [0.25, 0.3) is 0 Å². The van der Waals surface area contributed by atoms with Crippen LogP contribution in [-0.4, -0.2) is 26.4 Å². The van der Waals surface area contributed by atoms with Crippen molar-refractivity contribution in [3.05, 3.63) is 23.8 Å². The Balaban J connectivity index is 1.95. The van der Waals surface area contributed by atoms with Crippen LogP contribution in [0.1, 0.15) is 12.0 Å². The third-order valence-corrected chi connectivity index (χ3v) is 3.51. The minimum absolute atomic E-state index is 0.0587. The summed E-state index contributed by atoms with van der Waals surface area (Å²) in [7, 11) is 0. The van der Waals surface area contributed by atoms with Crippen molar-refractivity contribution in [2.75, 3.05) is 25.1 Å². The van der Waals surface area contributed by atoms with Crippen LogP contribution >= 0.6 is 0 Å². The molecule has 1 spiro atoms. The fourth-order valence-electron chi connectivity index (χ4n) is 2.61. The van der Waals surface area contributed by atoms with E-state index in [1.54, 1.807) is 18.2 Å². The van der Waals surface area contributed by atoms with Gasteiger partial charge in [-0.2, -0.15) is 8.78 Å². The Hall–Kier alpha value is -1.36. The molecule has 1 aromatic carbocycles. The molecule has 0 saturated carbocycles. The van der Waals surface area contributed by atoms with E-state index in [2.05, 4.69) is 10.1 Å². The van der Waals surface area contributed by atoms with E-state index in [4.69, 9.17) is 4.74 Å². The molecule has 3 nitrogen and oxygen atoms in total. The molecule has 2 heterocycles. The van der Waals surface area contributed by atoms with Crippen molar-refractivity contribution >= 4 is 5.69 Å². The standard InChI is InChI=1S/C12H13F2NO2/c13-11(14)17-8-1-2-10-9(5-8)12(6-15-10)3-4-16-7-12/h1-2,5,11,15H,3-4,6-7H2. The van der Waals surface area contributed by atoms with Crippen LogP contribution in [0.4, 0.5) is 14.5 Å². The Labute approximate surface area is 97.7 Å². The first-order valence-electron chi connectivity index (χ1n) is 5.61. The predicted molar refractivity (Wildman–Crippen MR) is 58.7 cm³/mol. The summed E-state index contributed by atoms with van der Waals surface area (Å²) >= 11 is 0. The highest BCUT2D eigenvalue weighted by molar-refractivity contribution is 5.63. The number of ether oxygens (including phenoxy) is 2. The molecule has 92 valence electrons. The lowest BCUT2D eigenvalue weighted by Gasteiger charge is -2.21. The summed E-state index contributed by atoms with van der Waals surface area (Å²) in [5, 5.41) is 3.29. The molecule has 1 unspecified atom stereocenters. The maximum atomic E-state index is 12.2. The molecular formula is C12H13F2NO2. The zero-order valence-corrected chi connectivity index (χ0v) is 9.21. The highest BCUT2D eigenvalue weighted by Crippen LogP contribution is 2.43. The number of rotatable bonds is 2. The number of hydrogen-bond acceptors (Lipinski definition) is 3. The van der Waals surface area contributed by atoms with E-state index in [0.717, 1.165) is 30.8 Å². The lowest BCUT2D eigenvalue weighted by molar-refractivity contribution is -0.0499. The Morgan fingerprint density at radius 2 is 2.29 bits per heavy atom. The lowest BCUT2D eigenvalue weighted by atomic mass is 9.82. The van der Waals surface area contributed by atoms with Crippen molar-refractivity contribution < 1.29 is 18.3 Å². The van der Waals surface area contributed by atoms with E-state index < -0.39 is 6.61 Å². The second kappa shape index (κ2) is 3.84. The van der Waals surface area contributed by atoms with E-state index in [9.17, 15) is 8.78 Å². The zero-order chi connectivity index (χ0) is 11.9. The van der Waals surface area contributed by atoms with E-state index in [1.807, 2.05) is 0 Å². The first kappa shape index (κ1) is 10.8. The Morgan fingerprint density at radius 3 is 3.00 bits per heavy atom. The Kier molecular flexibility index (Phi) is 2.43. The van der Waals surface area contributed by atoms with Crippen LogP contribution in [0.2, 0.25) is 0 Å². The molecule has 1 N–H and O–H groups in total. The average Bonchev–Trinajstić information content (AvgIpc) is 2.89. The number of hydrogen-bond donors (Lipinski definition) is 1. The maximum Gasteiger partial charge on any atom is 0.387 e. The summed E-state index contributed by atoms with van der Waals surface area (Å²) in [6.07, 6.45) is 0.922. The van der Waals surface area contributed by atoms with Gasteiger partial charge in [0.15, 0.2) is 0 Å². The van der Waals surface area contributed by atoms with E-state index in [-0.39, 0.29) is 11.2 Å². The first-order chi connectivity index (χ1) is 8.20. The van der Waals surface area contributed by atoms with Gasteiger partial charge in [0.1, 0.15) is 5.75 Å². The summed E-state index contributed by atoms with van der Waals surface area (Å²) in [5.74, 6) is 0.216. The molecule has 3 rings (SSSR count). The molecule has 0 amide bonds. The third-order valence-electron chi connectivity index (χ3n) is 3.51. The maximum absolute atomic E-state index is 12.2. The van der Waals surface area contributed by atoms with Gasteiger partial charge in [-0.3, -0.25) is 0 Å². The van der Waals surface area contributed by atoms with Gasteiger partial charge < -0.3 is 14.8 Å². The van der Waals surface area contributed by atoms with Gasteiger partial charge in [-0.15, -0.1) is 0 Å². The smallest absolute Gasteiger partial charge is 0.387 e. The number of anilines is 1. The van der Waals surface area contributed by atoms with Gasteiger partial charge >= 0.3 is 6.61 Å². The van der Waals surface area contributed by atoms with Gasteiger partial charge in [0, 0.05) is 24.3 Å². The lowest BCUT2D eigenvalue weighted by Crippen LogP contribution is -2.28. The summed E-state index contributed by atoms with van der Waals surface area (Å²) in [4.78, 5) is 0. The second-order valence-corrected chi connectivity index (χ2v) is 4.52. The minimum Gasteiger partial charge on any atom is -0.435 e. The van der Waals surface area contributed by atoms with Gasteiger partial charge in [0.25, 0.3) is 0 Å². The van der Waals surface area contributed by atoms with Gasteiger partial charge in [-0.05, 0) is 30.2 Å². The molecule has 0 bridgehead atoms. The van der Waals surface area contributed by atoms with Crippen LogP contribution in [0.5, 0.6) is 5.75 Å². The molecule has 1 saturated heterocycles. The zero-order valence-electron chi connectivity index (χ0n) is 9.21. The highest BCUT2D eigenvalue weighted by Gasteiger charge is 2.42. The number of alkyl halides is 2. The van der Waals surface area contributed by atoms with Gasteiger partial charge in [0.05, 0.1) is 6.61 Å². The first-order valence-corrected chi connectivity index (χ1v) is 5.61. The normalized spacial score (nSPS) is 26.3. The monoisotopic (exact) mass is 241 g/mol. The SMILES string of the molecule is FC(F)Oc1ccc2c(c1)C1(CCOC1)CN2. The molecule has 2 aliphatic rings. The van der Waals surface area contributed by atoms with E-state index in [0.29, 0.717) is 6.61 Å². The number of fused-ring (bicyclic) bond motifs is 2. The van der Waals surface area contributed by atoms with Crippen molar-refractivity contribution in [1.82, 2.24) is 0 Å². The van der Waals surface area contributed by atoms with Gasteiger partial charge in [-0.1, -0.05) is 0 Å². The molecule has 0 radical (unpaired) electrons. The molecule has 1 aromatic rings. The highest BCUT2D eigenvalue weighted by atomic mass is 19.3. The van der Waals surface area contributed by atoms with Crippen LogP contribution in [-0.2, 0) is 10.2 Å². The molecule has 1 atom stereocenters. The molecule has 17 heavy (non-hydrogen) atoms. The Morgan fingerprint density at radius 1 is 1.41 bits per heavy atom. The molecule has 1 fully saturated rings. The van der Waals surface area contributed by atoms with Crippen molar-refractivity contribution in [3.63, 3.8) is 0 Å². The number of benzene rings is 1. The summed E-state index contributed by atoms with van der Waals surface area (Å²) in [6.45, 7) is -0.606. The van der Waals surface area contributed by atoms with Crippen molar-refractivity contribution in [2.45, 2.75) is 18.4 Å². The summed E-state index contributed by atoms with van der Waals surface area (Å²) < 4.78 is 34.2.